The van der Waals surface area contributed by atoms with Gasteiger partial charge in [0.2, 0.25) is 10.0 Å². The molecule has 0 spiro atoms. The van der Waals surface area contributed by atoms with E-state index in [2.05, 4.69) is 15.0 Å². The van der Waals surface area contributed by atoms with E-state index in [4.69, 9.17) is 12.2 Å². The normalized spacial score (nSPS) is 11.2. The van der Waals surface area contributed by atoms with Gasteiger partial charge < -0.3 is 10.3 Å². The number of rotatable bonds is 5. The number of amides is 1. The number of para-hydroxylation sites is 1. The van der Waals surface area contributed by atoms with Crippen LogP contribution in [0, 0.1) is 11.7 Å². The highest BCUT2D eigenvalue weighted by Gasteiger charge is 2.15. The SMILES string of the molecule is Cc1ccc(NC(=O)c2c[nH]c(=S)n2-c2ccccc2)cc1NS(C)(=O)=O. The van der Waals surface area contributed by atoms with Crippen LogP contribution in [0.1, 0.15) is 16.1 Å². The molecule has 1 heterocycles. The zero-order valence-electron chi connectivity index (χ0n) is 14.7. The van der Waals surface area contributed by atoms with E-state index < -0.39 is 10.0 Å². The number of nitrogens with one attached hydrogen (secondary N) is 3. The Morgan fingerprint density at radius 3 is 2.52 bits per heavy atom. The molecule has 9 heteroatoms. The second-order valence-corrected chi connectivity index (χ2v) is 8.14. The van der Waals surface area contributed by atoms with Gasteiger partial charge in [-0.1, -0.05) is 24.3 Å². The first kappa shape index (κ1) is 18.9. The maximum Gasteiger partial charge on any atom is 0.274 e. The molecule has 27 heavy (non-hydrogen) atoms. The number of nitrogens with zero attached hydrogens (tertiary/aromatic N) is 1. The number of hydrogen-bond acceptors (Lipinski definition) is 4. The Morgan fingerprint density at radius 1 is 1.15 bits per heavy atom. The minimum atomic E-state index is -3.42. The molecule has 3 aromatic rings. The molecular weight excluding hydrogens is 384 g/mol. The van der Waals surface area contributed by atoms with Crippen molar-refractivity contribution in [3.63, 3.8) is 0 Å². The van der Waals surface area contributed by atoms with Crippen LogP contribution < -0.4 is 10.0 Å². The van der Waals surface area contributed by atoms with E-state index in [1.807, 2.05) is 30.3 Å². The van der Waals surface area contributed by atoms with Gasteiger partial charge in [-0.15, -0.1) is 0 Å². The third-order valence-corrected chi connectivity index (χ3v) is 4.71. The maximum atomic E-state index is 12.8. The summed E-state index contributed by atoms with van der Waals surface area (Å²) >= 11 is 5.29. The molecule has 0 bridgehead atoms. The Hall–Kier alpha value is -2.91. The van der Waals surface area contributed by atoms with Crippen molar-refractivity contribution in [3.8, 4) is 5.69 Å². The van der Waals surface area contributed by atoms with E-state index in [0.29, 0.717) is 21.8 Å². The summed E-state index contributed by atoms with van der Waals surface area (Å²) in [6.45, 7) is 1.78. The molecule has 0 aliphatic carbocycles. The highest BCUT2D eigenvalue weighted by Crippen LogP contribution is 2.22. The number of carbonyl (C=O) groups is 1. The average Bonchev–Trinajstić information content (AvgIpc) is 2.99. The highest BCUT2D eigenvalue weighted by atomic mass is 32.2. The lowest BCUT2D eigenvalue weighted by Gasteiger charge is -2.12. The first-order valence-corrected chi connectivity index (χ1v) is 10.3. The molecule has 3 rings (SSSR count). The lowest BCUT2D eigenvalue weighted by Crippen LogP contribution is -2.17. The Morgan fingerprint density at radius 2 is 1.85 bits per heavy atom. The predicted octanol–water partition coefficient (Wildman–Crippen LogP) is 3.47. The van der Waals surface area contributed by atoms with E-state index >= 15 is 0 Å². The van der Waals surface area contributed by atoms with Crippen LogP contribution in [0.25, 0.3) is 5.69 Å². The van der Waals surface area contributed by atoms with Gasteiger partial charge in [0, 0.05) is 17.6 Å². The number of aromatic amines is 1. The third kappa shape index (κ3) is 4.44. The topological polar surface area (TPSA) is 96.0 Å². The van der Waals surface area contributed by atoms with Crippen LogP contribution in [0.4, 0.5) is 11.4 Å². The van der Waals surface area contributed by atoms with Gasteiger partial charge in [-0.25, -0.2) is 8.42 Å². The average molecular weight is 403 g/mol. The van der Waals surface area contributed by atoms with Crippen LogP contribution in [0.5, 0.6) is 0 Å². The standard InChI is InChI=1S/C18H18N4O3S2/c1-12-8-9-13(10-15(12)21-27(2,24)25)20-17(23)16-11-19-18(26)22(16)14-6-4-3-5-7-14/h3-11,21H,1-2H3,(H,19,26)(H,20,23). The van der Waals surface area contributed by atoms with Crippen molar-refractivity contribution in [1.29, 1.82) is 0 Å². The summed E-state index contributed by atoms with van der Waals surface area (Å²) in [6.07, 6.45) is 2.61. The molecule has 0 unspecified atom stereocenters. The zero-order chi connectivity index (χ0) is 19.6. The maximum absolute atomic E-state index is 12.8. The molecule has 0 radical (unpaired) electrons. The molecule has 0 aliphatic heterocycles. The molecule has 0 saturated heterocycles. The number of carbonyl (C=O) groups excluding carboxylic acids is 1. The number of anilines is 2. The number of sulfonamides is 1. The van der Waals surface area contributed by atoms with Crippen LogP contribution in [-0.4, -0.2) is 30.1 Å². The molecule has 0 saturated carbocycles. The van der Waals surface area contributed by atoms with Crippen molar-refractivity contribution < 1.29 is 13.2 Å². The Balaban J connectivity index is 1.92. The van der Waals surface area contributed by atoms with Gasteiger partial charge in [0.05, 0.1) is 11.9 Å². The van der Waals surface area contributed by atoms with Gasteiger partial charge in [-0.3, -0.25) is 14.1 Å². The fourth-order valence-electron chi connectivity index (χ4n) is 2.57. The summed E-state index contributed by atoms with van der Waals surface area (Å²) in [5, 5.41) is 2.77. The van der Waals surface area contributed by atoms with Gasteiger partial charge in [-0.05, 0) is 49.0 Å². The van der Waals surface area contributed by atoms with E-state index in [9.17, 15) is 13.2 Å². The monoisotopic (exact) mass is 402 g/mol. The molecule has 0 atom stereocenters. The van der Waals surface area contributed by atoms with E-state index in [-0.39, 0.29) is 5.91 Å². The number of hydrogen-bond donors (Lipinski definition) is 3. The van der Waals surface area contributed by atoms with Crippen molar-refractivity contribution in [2.45, 2.75) is 6.92 Å². The van der Waals surface area contributed by atoms with Crippen molar-refractivity contribution in [2.75, 3.05) is 16.3 Å². The van der Waals surface area contributed by atoms with Crippen LogP contribution in [0.15, 0.2) is 54.7 Å². The smallest absolute Gasteiger partial charge is 0.274 e. The molecule has 1 aromatic heterocycles. The Kier molecular flexibility index (Phi) is 5.15. The van der Waals surface area contributed by atoms with E-state index in [1.54, 1.807) is 29.7 Å². The van der Waals surface area contributed by atoms with Crippen LogP contribution in [0.3, 0.4) is 0 Å². The summed E-state index contributed by atoms with van der Waals surface area (Å²) < 4.78 is 27.5. The fourth-order valence-corrected chi connectivity index (χ4v) is 3.46. The van der Waals surface area contributed by atoms with Gasteiger partial charge in [0.15, 0.2) is 4.77 Å². The van der Waals surface area contributed by atoms with Crippen molar-refractivity contribution in [1.82, 2.24) is 9.55 Å². The molecule has 2 aromatic carbocycles. The van der Waals surface area contributed by atoms with Gasteiger partial charge in [0.1, 0.15) is 5.69 Å². The summed E-state index contributed by atoms with van der Waals surface area (Å²) in [7, 11) is -3.42. The lowest BCUT2D eigenvalue weighted by molar-refractivity contribution is 0.102. The van der Waals surface area contributed by atoms with Crippen molar-refractivity contribution in [3.05, 3.63) is 70.8 Å². The van der Waals surface area contributed by atoms with Gasteiger partial charge >= 0.3 is 0 Å². The van der Waals surface area contributed by atoms with Crippen molar-refractivity contribution in [2.24, 2.45) is 0 Å². The minimum Gasteiger partial charge on any atom is -0.336 e. The second kappa shape index (κ2) is 7.37. The van der Waals surface area contributed by atoms with E-state index in [1.165, 1.54) is 6.20 Å². The van der Waals surface area contributed by atoms with Crippen LogP contribution in [0.2, 0.25) is 0 Å². The molecule has 0 fully saturated rings. The van der Waals surface area contributed by atoms with Crippen molar-refractivity contribution >= 4 is 39.5 Å². The summed E-state index contributed by atoms with van der Waals surface area (Å²) in [5.41, 5.74) is 2.71. The summed E-state index contributed by atoms with van der Waals surface area (Å²) in [4.78, 5) is 15.6. The number of imidazole rings is 1. The number of aromatic nitrogens is 2. The first-order chi connectivity index (χ1) is 12.7. The van der Waals surface area contributed by atoms with Gasteiger partial charge in [0.25, 0.3) is 5.91 Å². The Bertz CT molecular complexity index is 1150. The number of aryl methyl sites for hydroxylation is 1. The molecule has 7 nitrogen and oxygen atoms in total. The molecule has 1 amide bonds. The molecular formula is C18H18N4O3S2. The molecule has 3 N–H and O–H groups in total. The Labute approximate surface area is 162 Å². The first-order valence-electron chi connectivity index (χ1n) is 8.00. The quantitative estimate of drug-likeness (QED) is 0.570. The van der Waals surface area contributed by atoms with Gasteiger partial charge in [-0.2, -0.15) is 0 Å². The fraction of sp³-hybridized carbons (Fsp3) is 0.111. The largest absolute Gasteiger partial charge is 0.336 e. The van der Waals surface area contributed by atoms with Crippen LogP contribution >= 0.6 is 12.2 Å². The predicted molar refractivity (Wildman–Crippen MR) is 109 cm³/mol. The van der Waals surface area contributed by atoms with E-state index in [0.717, 1.165) is 17.5 Å². The minimum absolute atomic E-state index is 0.337. The second-order valence-electron chi connectivity index (χ2n) is 6.01. The molecule has 0 aliphatic rings. The number of H-pyrrole nitrogens is 1. The lowest BCUT2D eigenvalue weighted by atomic mass is 10.2. The molecule has 140 valence electrons. The summed E-state index contributed by atoms with van der Waals surface area (Å²) in [5.74, 6) is -0.375. The number of benzene rings is 2. The zero-order valence-corrected chi connectivity index (χ0v) is 16.3. The van der Waals surface area contributed by atoms with Crippen LogP contribution in [-0.2, 0) is 10.0 Å². The third-order valence-electron chi connectivity index (χ3n) is 3.81. The highest BCUT2D eigenvalue weighted by molar-refractivity contribution is 7.92. The summed E-state index contributed by atoms with van der Waals surface area (Å²) in [6, 6.07) is 14.3.